The van der Waals surface area contributed by atoms with Gasteiger partial charge in [0, 0.05) is 18.3 Å². The molecule has 0 aliphatic rings. The molecule has 0 spiro atoms. The number of benzene rings is 1. The van der Waals surface area contributed by atoms with E-state index in [9.17, 15) is 9.59 Å². The number of hydrogen-bond acceptors (Lipinski definition) is 2. The second-order valence-corrected chi connectivity index (χ2v) is 6.39. The third kappa shape index (κ3) is 10.0. The van der Waals surface area contributed by atoms with Crippen molar-refractivity contribution in [1.29, 1.82) is 0 Å². The van der Waals surface area contributed by atoms with E-state index < -0.39 is 0 Å². The first kappa shape index (κ1) is 19.6. The number of rotatable bonds is 6. The van der Waals surface area contributed by atoms with E-state index in [0.29, 0.717) is 18.1 Å². The second kappa shape index (κ2) is 10.3. The normalized spacial score (nSPS) is 11.8. The van der Waals surface area contributed by atoms with E-state index in [1.54, 1.807) is 6.92 Å². The SMILES string of the molecule is CC(=O)C(C)C.CC(C)C(=O)C[C@H](C)Cc1ccccc1. The summed E-state index contributed by atoms with van der Waals surface area (Å²) in [5, 5.41) is 0. The highest BCUT2D eigenvalue weighted by molar-refractivity contribution is 5.80. The van der Waals surface area contributed by atoms with Gasteiger partial charge in [-0.15, -0.1) is 0 Å². The Bertz CT molecular complexity index is 418. The minimum absolute atomic E-state index is 0.170. The average molecular weight is 290 g/mol. The van der Waals surface area contributed by atoms with Gasteiger partial charge in [-0.25, -0.2) is 0 Å². The van der Waals surface area contributed by atoms with E-state index in [-0.39, 0.29) is 17.6 Å². The van der Waals surface area contributed by atoms with Crippen molar-refractivity contribution >= 4 is 11.6 Å². The summed E-state index contributed by atoms with van der Waals surface area (Å²) in [4.78, 5) is 21.7. The lowest BCUT2D eigenvalue weighted by Gasteiger charge is -2.12. The molecule has 0 saturated carbocycles. The quantitative estimate of drug-likeness (QED) is 0.760. The molecule has 0 aromatic heterocycles. The largest absolute Gasteiger partial charge is 0.300 e. The molecule has 0 saturated heterocycles. The minimum atomic E-state index is 0.170. The summed E-state index contributed by atoms with van der Waals surface area (Å²) in [5.41, 5.74) is 1.32. The minimum Gasteiger partial charge on any atom is -0.300 e. The second-order valence-electron chi connectivity index (χ2n) is 6.39. The van der Waals surface area contributed by atoms with Crippen molar-refractivity contribution in [2.45, 2.75) is 54.4 Å². The van der Waals surface area contributed by atoms with E-state index in [0.717, 1.165) is 6.42 Å². The van der Waals surface area contributed by atoms with Crippen molar-refractivity contribution in [2.24, 2.45) is 17.8 Å². The predicted molar refractivity (Wildman–Crippen MR) is 89.3 cm³/mol. The van der Waals surface area contributed by atoms with E-state index in [4.69, 9.17) is 0 Å². The van der Waals surface area contributed by atoms with Crippen LogP contribution in [-0.4, -0.2) is 11.6 Å². The highest BCUT2D eigenvalue weighted by Gasteiger charge is 2.12. The van der Waals surface area contributed by atoms with Crippen molar-refractivity contribution < 1.29 is 9.59 Å². The van der Waals surface area contributed by atoms with Crippen LogP contribution in [0.15, 0.2) is 30.3 Å². The van der Waals surface area contributed by atoms with E-state index in [1.807, 2.05) is 45.9 Å². The van der Waals surface area contributed by atoms with Crippen LogP contribution in [-0.2, 0) is 16.0 Å². The van der Waals surface area contributed by atoms with Crippen molar-refractivity contribution in [2.75, 3.05) is 0 Å². The van der Waals surface area contributed by atoms with Gasteiger partial charge in [0.05, 0.1) is 0 Å². The monoisotopic (exact) mass is 290 g/mol. The van der Waals surface area contributed by atoms with Gasteiger partial charge in [0.2, 0.25) is 0 Å². The van der Waals surface area contributed by atoms with Crippen LogP contribution in [0, 0.1) is 17.8 Å². The molecule has 2 heteroatoms. The Labute approximate surface area is 130 Å². The molecule has 0 N–H and O–H groups in total. The summed E-state index contributed by atoms with van der Waals surface area (Å²) in [6.07, 6.45) is 1.70. The number of carbonyl (C=O) groups is 2. The number of carbonyl (C=O) groups excluding carboxylic acids is 2. The van der Waals surface area contributed by atoms with E-state index >= 15 is 0 Å². The Hall–Kier alpha value is -1.44. The van der Waals surface area contributed by atoms with Crippen LogP contribution in [0.5, 0.6) is 0 Å². The standard InChI is InChI=1S/C14H20O.C5H10O/c1-11(2)14(15)10-12(3)9-13-7-5-4-6-8-13;1-4(2)5(3)6/h4-8,11-12H,9-10H2,1-3H3;4H,1-3H3/t12-;/m1./s1. The van der Waals surface area contributed by atoms with Crippen LogP contribution < -0.4 is 0 Å². The maximum atomic E-state index is 11.5. The first-order valence-corrected chi connectivity index (χ1v) is 7.81. The molecular formula is C19H30O2. The molecule has 0 aliphatic heterocycles. The summed E-state index contributed by atoms with van der Waals surface area (Å²) in [6, 6.07) is 10.4. The van der Waals surface area contributed by atoms with Crippen molar-refractivity contribution in [3.8, 4) is 0 Å². The van der Waals surface area contributed by atoms with Gasteiger partial charge >= 0.3 is 0 Å². The van der Waals surface area contributed by atoms with Gasteiger partial charge in [0.1, 0.15) is 11.6 Å². The summed E-state index contributed by atoms with van der Waals surface area (Å²) in [6.45, 7) is 11.5. The van der Waals surface area contributed by atoms with Gasteiger partial charge in [-0.2, -0.15) is 0 Å². The fourth-order valence-electron chi connectivity index (χ4n) is 1.67. The first-order valence-electron chi connectivity index (χ1n) is 7.81. The third-order valence-corrected chi connectivity index (χ3v) is 3.43. The molecule has 2 nitrogen and oxygen atoms in total. The summed E-state index contributed by atoms with van der Waals surface area (Å²) in [5.74, 6) is 1.46. The van der Waals surface area contributed by atoms with Gasteiger partial charge in [0.25, 0.3) is 0 Å². The van der Waals surface area contributed by atoms with Crippen molar-refractivity contribution in [1.82, 2.24) is 0 Å². The Morgan fingerprint density at radius 2 is 1.38 bits per heavy atom. The van der Waals surface area contributed by atoms with Crippen molar-refractivity contribution in [3.63, 3.8) is 0 Å². The third-order valence-electron chi connectivity index (χ3n) is 3.43. The molecule has 1 rings (SSSR count). The van der Waals surface area contributed by atoms with Crippen LogP contribution in [0.25, 0.3) is 0 Å². The molecule has 0 aliphatic carbocycles. The van der Waals surface area contributed by atoms with Gasteiger partial charge in [-0.1, -0.05) is 65.0 Å². The summed E-state index contributed by atoms with van der Waals surface area (Å²) < 4.78 is 0. The van der Waals surface area contributed by atoms with E-state index in [1.165, 1.54) is 5.56 Å². The molecule has 1 aromatic carbocycles. The lowest BCUT2D eigenvalue weighted by Crippen LogP contribution is -2.13. The van der Waals surface area contributed by atoms with Crippen LogP contribution in [0.1, 0.15) is 53.5 Å². The molecular weight excluding hydrogens is 260 g/mol. The number of hydrogen-bond donors (Lipinski definition) is 0. The van der Waals surface area contributed by atoms with Gasteiger partial charge in [-0.05, 0) is 24.8 Å². The fraction of sp³-hybridized carbons (Fsp3) is 0.579. The molecule has 0 fully saturated rings. The van der Waals surface area contributed by atoms with Crippen LogP contribution in [0.4, 0.5) is 0 Å². The molecule has 0 bridgehead atoms. The van der Waals surface area contributed by atoms with Gasteiger partial charge < -0.3 is 0 Å². The fourth-order valence-corrected chi connectivity index (χ4v) is 1.67. The zero-order chi connectivity index (χ0) is 16.4. The van der Waals surface area contributed by atoms with Gasteiger partial charge in [0.15, 0.2) is 0 Å². The van der Waals surface area contributed by atoms with Crippen LogP contribution in [0.2, 0.25) is 0 Å². The lowest BCUT2D eigenvalue weighted by atomic mass is 9.92. The molecule has 0 heterocycles. The van der Waals surface area contributed by atoms with Gasteiger partial charge in [-0.3, -0.25) is 9.59 Å². The number of Topliss-reactive ketones (excluding diaryl/α,β-unsaturated/α-hetero) is 2. The highest BCUT2D eigenvalue weighted by Crippen LogP contribution is 2.14. The Balaban J connectivity index is 0.000000567. The van der Waals surface area contributed by atoms with E-state index in [2.05, 4.69) is 19.1 Å². The first-order chi connectivity index (χ1) is 9.73. The molecule has 21 heavy (non-hydrogen) atoms. The Kier molecular flexibility index (Phi) is 9.60. The molecule has 0 unspecified atom stereocenters. The smallest absolute Gasteiger partial charge is 0.135 e. The lowest BCUT2D eigenvalue weighted by molar-refractivity contribution is -0.122. The Morgan fingerprint density at radius 3 is 1.76 bits per heavy atom. The molecule has 0 amide bonds. The maximum absolute atomic E-state index is 11.5. The van der Waals surface area contributed by atoms with Crippen molar-refractivity contribution in [3.05, 3.63) is 35.9 Å². The molecule has 118 valence electrons. The molecule has 1 aromatic rings. The van der Waals surface area contributed by atoms with Crippen LogP contribution >= 0.6 is 0 Å². The zero-order valence-electron chi connectivity index (χ0n) is 14.3. The zero-order valence-corrected chi connectivity index (χ0v) is 14.3. The van der Waals surface area contributed by atoms with Crippen LogP contribution in [0.3, 0.4) is 0 Å². The summed E-state index contributed by atoms with van der Waals surface area (Å²) >= 11 is 0. The predicted octanol–water partition coefficient (Wildman–Crippen LogP) is 4.71. The maximum Gasteiger partial charge on any atom is 0.135 e. The number of ketones is 2. The topological polar surface area (TPSA) is 34.1 Å². The summed E-state index contributed by atoms with van der Waals surface area (Å²) in [7, 11) is 0. The Morgan fingerprint density at radius 1 is 0.905 bits per heavy atom. The molecule has 0 radical (unpaired) electrons. The average Bonchev–Trinajstić information content (AvgIpc) is 2.40. The molecule has 1 atom stereocenters. The highest BCUT2D eigenvalue weighted by atomic mass is 16.1.